The summed E-state index contributed by atoms with van der Waals surface area (Å²) < 4.78 is 0. The van der Waals surface area contributed by atoms with Crippen molar-refractivity contribution in [2.75, 3.05) is 18.0 Å². The van der Waals surface area contributed by atoms with E-state index in [0.717, 1.165) is 17.7 Å². The Morgan fingerprint density at radius 2 is 2.04 bits per heavy atom. The fourth-order valence-electron chi connectivity index (χ4n) is 3.08. The summed E-state index contributed by atoms with van der Waals surface area (Å²) in [7, 11) is 0. The van der Waals surface area contributed by atoms with Crippen LogP contribution in [0.5, 0.6) is 0 Å². The van der Waals surface area contributed by atoms with E-state index in [1.54, 1.807) is 11.8 Å². The number of hydrogen-bond acceptors (Lipinski definition) is 3. The Labute approximate surface area is 137 Å². The molecule has 1 heterocycles. The smallest absolute Gasteiger partial charge is 0.240 e. The van der Waals surface area contributed by atoms with Gasteiger partial charge in [-0.1, -0.05) is 32.0 Å². The lowest BCUT2D eigenvalue weighted by atomic mass is 9.87. The second kappa shape index (κ2) is 7.13. The van der Waals surface area contributed by atoms with Gasteiger partial charge in [0.05, 0.1) is 6.10 Å². The molecular weight excluding hydrogens is 292 g/mol. The van der Waals surface area contributed by atoms with E-state index in [0.29, 0.717) is 19.4 Å². The number of carbonyl (C=O) groups excluding carboxylic acids is 2. The van der Waals surface area contributed by atoms with Gasteiger partial charge in [0, 0.05) is 18.7 Å². The average Bonchev–Trinajstić information content (AvgIpc) is 2.47. The van der Waals surface area contributed by atoms with E-state index in [9.17, 15) is 14.7 Å². The molecule has 0 aromatic heterocycles. The predicted octanol–water partition coefficient (Wildman–Crippen LogP) is 1.88. The third kappa shape index (κ3) is 4.79. The molecule has 0 fully saturated rings. The number of carbonyl (C=O) groups is 2. The van der Waals surface area contributed by atoms with Crippen LogP contribution in [0.15, 0.2) is 24.3 Å². The molecule has 5 heteroatoms. The second-order valence-corrected chi connectivity index (χ2v) is 7.10. The zero-order chi connectivity index (χ0) is 17.0. The van der Waals surface area contributed by atoms with Gasteiger partial charge in [-0.15, -0.1) is 0 Å². The number of nitrogens with zero attached hydrogens (tertiary/aromatic N) is 1. The largest absolute Gasteiger partial charge is 0.393 e. The van der Waals surface area contributed by atoms with Crippen LogP contribution < -0.4 is 10.2 Å². The van der Waals surface area contributed by atoms with Crippen molar-refractivity contribution < 1.29 is 14.7 Å². The molecule has 2 N–H and O–H groups in total. The molecule has 2 rings (SSSR count). The minimum Gasteiger partial charge on any atom is -0.393 e. The van der Waals surface area contributed by atoms with E-state index in [4.69, 9.17) is 0 Å². The van der Waals surface area contributed by atoms with E-state index in [-0.39, 0.29) is 23.8 Å². The highest BCUT2D eigenvalue weighted by atomic mass is 16.3. The third-order valence-corrected chi connectivity index (χ3v) is 4.11. The van der Waals surface area contributed by atoms with Gasteiger partial charge < -0.3 is 15.3 Å². The van der Waals surface area contributed by atoms with Crippen LogP contribution in [-0.4, -0.2) is 36.1 Å². The Balaban J connectivity index is 1.96. The molecule has 1 unspecified atom stereocenters. The summed E-state index contributed by atoms with van der Waals surface area (Å²) >= 11 is 0. The number of aliphatic hydroxyl groups is 1. The SMILES string of the molecule is CC(O)CC(C)(C)CNC(=O)CN1C(=O)CCc2ccccc21. The number of aryl methyl sites for hydroxylation is 1. The number of hydrogen-bond donors (Lipinski definition) is 2. The van der Waals surface area contributed by atoms with Crippen LogP contribution in [0.1, 0.15) is 39.2 Å². The van der Waals surface area contributed by atoms with Gasteiger partial charge >= 0.3 is 0 Å². The first-order valence-electron chi connectivity index (χ1n) is 8.11. The summed E-state index contributed by atoms with van der Waals surface area (Å²) in [6.45, 7) is 6.26. The minimum absolute atomic E-state index is 0.0120. The van der Waals surface area contributed by atoms with Crippen molar-refractivity contribution in [3.05, 3.63) is 29.8 Å². The Kier molecular flexibility index (Phi) is 5.42. The van der Waals surface area contributed by atoms with Gasteiger partial charge in [-0.05, 0) is 36.8 Å². The molecular formula is C18H26N2O3. The van der Waals surface area contributed by atoms with Crippen LogP contribution in [0.2, 0.25) is 0 Å². The summed E-state index contributed by atoms with van der Waals surface area (Å²) in [5.41, 5.74) is 1.75. The summed E-state index contributed by atoms with van der Waals surface area (Å²) in [4.78, 5) is 25.9. The Morgan fingerprint density at radius 1 is 1.35 bits per heavy atom. The number of anilines is 1. The van der Waals surface area contributed by atoms with Crippen molar-refractivity contribution in [1.82, 2.24) is 5.32 Å². The van der Waals surface area contributed by atoms with Crippen molar-refractivity contribution in [2.45, 2.75) is 46.1 Å². The first-order chi connectivity index (χ1) is 10.8. The number of aliphatic hydroxyl groups excluding tert-OH is 1. The maximum atomic E-state index is 12.2. The fraction of sp³-hybridized carbons (Fsp3) is 0.556. The molecule has 2 amide bonds. The number of amides is 2. The zero-order valence-electron chi connectivity index (χ0n) is 14.1. The highest BCUT2D eigenvalue weighted by Gasteiger charge is 2.26. The molecule has 0 spiro atoms. The fourth-order valence-corrected chi connectivity index (χ4v) is 3.08. The molecule has 126 valence electrons. The van der Waals surface area contributed by atoms with Gasteiger partial charge in [-0.3, -0.25) is 9.59 Å². The minimum atomic E-state index is -0.405. The number of para-hydroxylation sites is 1. The monoisotopic (exact) mass is 318 g/mol. The maximum Gasteiger partial charge on any atom is 0.240 e. The van der Waals surface area contributed by atoms with Crippen molar-refractivity contribution in [1.29, 1.82) is 0 Å². The normalized spacial score (nSPS) is 16.0. The molecule has 1 aliphatic heterocycles. The van der Waals surface area contributed by atoms with Crippen LogP contribution in [0.25, 0.3) is 0 Å². The highest BCUT2D eigenvalue weighted by Crippen LogP contribution is 2.27. The molecule has 1 aromatic rings. The third-order valence-electron chi connectivity index (χ3n) is 4.11. The van der Waals surface area contributed by atoms with E-state index in [1.165, 1.54) is 0 Å². The van der Waals surface area contributed by atoms with Crippen molar-refractivity contribution in [2.24, 2.45) is 5.41 Å². The van der Waals surface area contributed by atoms with Gasteiger partial charge in [0.15, 0.2) is 0 Å². The molecule has 0 aliphatic carbocycles. The van der Waals surface area contributed by atoms with Crippen LogP contribution >= 0.6 is 0 Å². The lowest BCUT2D eigenvalue weighted by Gasteiger charge is -2.30. The molecule has 0 bridgehead atoms. The van der Waals surface area contributed by atoms with E-state index >= 15 is 0 Å². The first-order valence-corrected chi connectivity index (χ1v) is 8.11. The summed E-state index contributed by atoms with van der Waals surface area (Å²) in [6, 6.07) is 7.72. The van der Waals surface area contributed by atoms with Crippen molar-refractivity contribution >= 4 is 17.5 Å². The quantitative estimate of drug-likeness (QED) is 0.841. The van der Waals surface area contributed by atoms with Gasteiger partial charge in [0.1, 0.15) is 6.54 Å². The molecule has 23 heavy (non-hydrogen) atoms. The standard InChI is InChI=1S/C18H26N2O3/c1-13(21)10-18(2,3)12-19-16(22)11-20-15-7-5-4-6-14(15)8-9-17(20)23/h4-7,13,21H,8-12H2,1-3H3,(H,19,22). The Hall–Kier alpha value is -1.88. The lowest BCUT2D eigenvalue weighted by Crippen LogP contribution is -2.45. The maximum absolute atomic E-state index is 12.2. The van der Waals surface area contributed by atoms with Crippen molar-refractivity contribution in [3.8, 4) is 0 Å². The van der Waals surface area contributed by atoms with Gasteiger partial charge in [0.25, 0.3) is 0 Å². The topological polar surface area (TPSA) is 69.6 Å². The highest BCUT2D eigenvalue weighted by molar-refractivity contribution is 6.00. The van der Waals surface area contributed by atoms with Crippen molar-refractivity contribution in [3.63, 3.8) is 0 Å². The molecule has 1 aromatic carbocycles. The molecule has 0 saturated heterocycles. The van der Waals surface area contributed by atoms with Crippen LogP contribution in [0, 0.1) is 5.41 Å². The summed E-state index contributed by atoms with van der Waals surface area (Å²) in [5.74, 6) is -0.184. The van der Waals surface area contributed by atoms with E-state index in [2.05, 4.69) is 5.32 Å². The number of fused-ring (bicyclic) bond motifs is 1. The van der Waals surface area contributed by atoms with Crippen LogP contribution in [0.3, 0.4) is 0 Å². The molecule has 1 aliphatic rings. The lowest BCUT2D eigenvalue weighted by molar-refractivity contribution is -0.124. The molecule has 1 atom stereocenters. The number of nitrogens with one attached hydrogen (secondary N) is 1. The van der Waals surface area contributed by atoms with Gasteiger partial charge in [-0.2, -0.15) is 0 Å². The van der Waals surface area contributed by atoms with Crippen LogP contribution in [-0.2, 0) is 16.0 Å². The zero-order valence-corrected chi connectivity index (χ0v) is 14.1. The van der Waals surface area contributed by atoms with Gasteiger partial charge in [0.2, 0.25) is 11.8 Å². The molecule has 5 nitrogen and oxygen atoms in total. The van der Waals surface area contributed by atoms with E-state index in [1.807, 2.05) is 38.1 Å². The second-order valence-electron chi connectivity index (χ2n) is 7.10. The van der Waals surface area contributed by atoms with Gasteiger partial charge in [-0.25, -0.2) is 0 Å². The summed E-state index contributed by atoms with van der Waals surface area (Å²) in [5, 5.41) is 12.4. The van der Waals surface area contributed by atoms with Crippen LogP contribution in [0.4, 0.5) is 5.69 Å². The molecule has 0 radical (unpaired) electrons. The Bertz CT molecular complexity index is 581. The number of rotatable bonds is 6. The van der Waals surface area contributed by atoms with E-state index < -0.39 is 6.10 Å². The summed E-state index contributed by atoms with van der Waals surface area (Å²) in [6.07, 6.45) is 1.38. The predicted molar refractivity (Wildman–Crippen MR) is 90.2 cm³/mol. The average molecular weight is 318 g/mol. The Morgan fingerprint density at radius 3 is 2.74 bits per heavy atom. The number of benzene rings is 1. The first kappa shape index (κ1) is 17.5. The molecule has 0 saturated carbocycles.